The van der Waals surface area contributed by atoms with E-state index in [0.29, 0.717) is 5.57 Å². The van der Waals surface area contributed by atoms with Gasteiger partial charge in [0.05, 0.1) is 4.88 Å². The SMILES string of the molecule is C=C(C)C(=O)c1sccc1I. The van der Waals surface area contributed by atoms with Gasteiger partial charge in [-0.1, -0.05) is 6.58 Å². The molecule has 0 amide bonds. The van der Waals surface area contributed by atoms with Gasteiger partial charge in [0, 0.05) is 3.57 Å². The number of halogens is 1. The van der Waals surface area contributed by atoms with Gasteiger partial charge in [-0.3, -0.25) is 4.79 Å². The molecule has 1 heterocycles. The molecule has 0 aliphatic carbocycles. The first-order chi connectivity index (χ1) is 5.13. The van der Waals surface area contributed by atoms with Crippen LogP contribution in [0.25, 0.3) is 0 Å². The standard InChI is InChI=1S/C8H7IOS/c1-5(2)7(10)8-6(9)3-4-11-8/h3-4H,1H2,2H3. The van der Waals surface area contributed by atoms with E-state index >= 15 is 0 Å². The maximum Gasteiger partial charge on any atom is 0.199 e. The van der Waals surface area contributed by atoms with Crippen molar-refractivity contribution in [1.82, 2.24) is 0 Å². The van der Waals surface area contributed by atoms with Crippen molar-refractivity contribution >= 4 is 39.7 Å². The first kappa shape index (κ1) is 8.93. The highest BCUT2D eigenvalue weighted by Crippen LogP contribution is 2.21. The number of rotatable bonds is 2. The topological polar surface area (TPSA) is 17.1 Å². The van der Waals surface area contributed by atoms with Gasteiger partial charge in [0.1, 0.15) is 0 Å². The van der Waals surface area contributed by atoms with Gasteiger partial charge in [0.15, 0.2) is 5.78 Å². The fraction of sp³-hybridized carbons (Fsp3) is 0.125. The minimum absolute atomic E-state index is 0.0596. The number of allylic oxidation sites excluding steroid dienone is 1. The number of carbonyl (C=O) groups is 1. The normalized spacial score (nSPS) is 9.64. The van der Waals surface area contributed by atoms with Crippen LogP contribution in [0.1, 0.15) is 16.6 Å². The van der Waals surface area contributed by atoms with Crippen LogP contribution < -0.4 is 0 Å². The summed E-state index contributed by atoms with van der Waals surface area (Å²) in [4.78, 5) is 12.1. The summed E-state index contributed by atoms with van der Waals surface area (Å²) in [6.45, 7) is 5.34. The number of thiophene rings is 1. The van der Waals surface area contributed by atoms with Crippen molar-refractivity contribution in [1.29, 1.82) is 0 Å². The Hall–Kier alpha value is -0.160. The van der Waals surface area contributed by atoms with Crippen molar-refractivity contribution < 1.29 is 4.79 Å². The Morgan fingerprint density at radius 1 is 1.73 bits per heavy atom. The molecule has 0 atom stereocenters. The Morgan fingerprint density at radius 2 is 2.36 bits per heavy atom. The molecular weight excluding hydrogens is 271 g/mol. The van der Waals surface area contributed by atoms with E-state index in [0.717, 1.165) is 8.45 Å². The molecule has 0 fully saturated rings. The van der Waals surface area contributed by atoms with Gasteiger partial charge in [0.2, 0.25) is 0 Å². The highest BCUT2D eigenvalue weighted by molar-refractivity contribution is 14.1. The molecule has 1 aromatic rings. The highest BCUT2D eigenvalue weighted by atomic mass is 127. The summed E-state index contributed by atoms with van der Waals surface area (Å²) in [7, 11) is 0. The van der Waals surface area contributed by atoms with Crippen LogP contribution in [0.5, 0.6) is 0 Å². The Labute approximate surface area is 83.3 Å². The second-order valence-corrected chi connectivity index (χ2v) is 4.29. The third-order valence-electron chi connectivity index (χ3n) is 1.21. The molecule has 0 radical (unpaired) electrons. The van der Waals surface area contributed by atoms with Crippen molar-refractivity contribution in [3.63, 3.8) is 0 Å². The van der Waals surface area contributed by atoms with Crippen molar-refractivity contribution in [3.05, 3.63) is 32.0 Å². The third kappa shape index (κ3) is 1.90. The van der Waals surface area contributed by atoms with Crippen LogP contribution in [0.3, 0.4) is 0 Å². The summed E-state index contributed by atoms with van der Waals surface area (Å²) in [6.07, 6.45) is 0. The fourth-order valence-corrected chi connectivity index (χ4v) is 2.50. The Morgan fingerprint density at radius 3 is 2.73 bits per heavy atom. The van der Waals surface area contributed by atoms with Crippen LogP contribution in [0.4, 0.5) is 0 Å². The molecule has 0 bridgehead atoms. The maximum absolute atomic E-state index is 11.3. The van der Waals surface area contributed by atoms with Gasteiger partial charge >= 0.3 is 0 Å². The van der Waals surface area contributed by atoms with E-state index in [1.807, 2.05) is 11.4 Å². The molecule has 0 aliphatic rings. The molecule has 3 heteroatoms. The predicted octanol–water partition coefficient (Wildman–Crippen LogP) is 3.11. The minimum Gasteiger partial charge on any atom is -0.288 e. The number of hydrogen-bond acceptors (Lipinski definition) is 2. The van der Waals surface area contributed by atoms with Crippen molar-refractivity contribution in [2.75, 3.05) is 0 Å². The number of ketones is 1. The maximum atomic E-state index is 11.3. The van der Waals surface area contributed by atoms with Crippen LogP contribution in [-0.2, 0) is 0 Å². The Balaban J connectivity index is 3.02. The zero-order valence-corrected chi connectivity index (χ0v) is 9.03. The van der Waals surface area contributed by atoms with Crippen LogP contribution >= 0.6 is 33.9 Å². The predicted molar refractivity (Wildman–Crippen MR) is 56.2 cm³/mol. The second-order valence-electron chi connectivity index (χ2n) is 2.21. The van der Waals surface area contributed by atoms with Gasteiger partial charge < -0.3 is 0 Å². The molecule has 1 rings (SSSR count). The molecule has 0 aliphatic heterocycles. The van der Waals surface area contributed by atoms with Crippen LogP contribution in [0.2, 0.25) is 0 Å². The summed E-state index contributed by atoms with van der Waals surface area (Å²) >= 11 is 3.62. The van der Waals surface area contributed by atoms with Gasteiger partial charge in [-0.15, -0.1) is 11.3 Å². The first-order valence-corrected chi connectivity index (χ1v) is 5.02. The molecule has 1 nitrogen and oxygen atoms in total. The number of hydrogen-bond donors (Lipinski definition) is 0. The summed E-state index contributed by atoms with van der Waals surface area (Å²) in [6, 6.07) is 1.93. The minimum atomic E-state index is 0.0596. The summed E-state index contributed by atoms with van der Waals surface area (Å²) in [5.41, 5.74) is 0.602. The molecular formula is C8H7IOS. The quantitative estimate of drug-likeness (QED) is 0.461. The molecule has 0 N–H and O–H groups in total. The van der Waals surface area contributed by atoms with E-state index in [4.69, 9.17) is 0 Å². The van der Waals surface area contributed by atoms with Crippen molar-refractivity contribution in [2.24, 2.45) is 0 Å². The van der Waals surface area contributed by atoms with E-state index in [9.17, 15) is 4.79 Å². The lowest BCUT2D eigenvalue weighted by Gasteiger charge is -1.94. The molecule has 0 saturated heterocycles. The van der Waals surface area contributed by atoms with E-state index in [2.05, 4.69) is 29.2 Å². The average molecular weight is 278 g/mol. The molecule has 11 heavy (non-hydrogen) atoms. The van der Waals surface area contributed by atoms with E-state index < -0.39 is 0 Å². The van der Waals surface area contributed by atoms with Crippen molar-refractivity contribution in [2.45, 2.75) is 6.92 Å². The number of carbonyl (C=O) groups excluding carboxylic acids is 1. The highest BCUT2D eigenvalue weighted by Gasteiger charge is 2.10. The zero-order valence-electron chi connectivity index (χ0n) is 6.06. The molecule has 58 valence electrons. The zero-order chi connectivity index (χ0) is 8.43. The van der Waals surface area contributed by atoms with E-state index in [1.165, 1.54) is 11.3 Å². The van der Waals surface area contributed by atoms with E-state index in [1.54, 1.807) is 6.92 Å². The largest absolute Gasteiger partial charge is 0.288 e. The average Bonchev–Trinajstić information content (AvgIpc) is 2.33. The van der Waals surface area contributed by atoms with E-state index in [-0.39, 0.29) is 5.78 Å². The van der Waals surface area contributed by atoms with Crippen molar-refractivity contribution in [3.8, 4) is 0 Å². The Bertz CT molecular complexity index is 301. The van der Waals surface area contributed by atoms with Crippen LogP contribution in [0.15, 0.2) is 23.6 Å². The van der Waals surface area contributed by atoms with Gasteiger partial charge in [-0.2, -0.15) is 0 Å². The smallest absolute Gasteiger partial charge is 0.199 e. The Kier molecular flexibility index (Phi) is 2.84. The third-order valence-corrected chi connectivity index (χ3v) is 3.39. The van der Waals surface area contributed by atoms with Gasteiger partial charge in [-0.25, -0.2) is 0 Å². The molecule has 1 aromatic heterocycles. The lowest BCUT2D eigenvalue weighted by Crippen LogP contribution is -1.97. The first-order valence-electron chi connectivity index (χ1n) is 3.06. The lowest BCUT2D eigenvalue weighted by atomic mass is 10.2. The fourth-order valence-electron chi connectivity index (χ4n) is 0.650. The van der Waals surface area contributed by atoms with Crippen LogP contribution in [-0.4, -0.2) is 5.78 Å². The van der Waals surface area contributed by atoms with Gasteiger partial charge in [-0.05, 0) is 46.5 Å². The summed E-state index contributed by atoms with van der Waals surface area (Å²) in [5.74, 6) is 0.0596. The second kappa shape index (κ2) is 3.49. The van der Waals surface area contributed by atoms with Crippen LogP contribution in [0, 0.1) is 3.57 Å². The number of Topliss-reactive ketones (excluding diaryl/α,β-unsaturated/α-hetero) is 1. The van der Waals surface area contributed by atoms with Gasteiger partial charge in [0.25, 0.3) is 0 Å². The summed E-state index contributed by atoms with van der Waals surface area (Å²) < 4.78 is 1.01. The molecule has 0 aromatic carbocycles. The molecule has 0 unspecified atom stereocenters. The monoisotopic (exact) mass is 278 g/mol. The summed E-state index contributed by atoms with van der Waals surface area (Å²) in [5, 5.41) is 1.91. The molecule has 0 spiro atoms. The molecule has 0 saturated carbocycles. The lowest BCUT2D eigenvalue weighted by molar-refractivity contribution is 0.103.